The lowest BCUT2D eigenvalue weighted by molar-refractivity contribution is -0.161. The molecule has 0 saturated heterocycles. The van der Waals surface area contributed by atoms with Gasteiger partial charge in [-0.1, -0.05) is 125 Å². The molecule has 0 amide bonds. The summed E-state index contributed by atoms with van der Waals surface area (Å²) in [5.74, 6) is -0.950. The second-order valence-corrected chi connectivity index (χ2v) is 14.2. The lowest BCUT2D eigenvalue weighted by Gasteiger charge is -2.19. The van der Waals surface area contributed by atoms with Crippen molar-refractivity contribution in [1.82, 2.24) is 0 Å². The third-order valence-corrected chi connectivity index (χ3v) is 8.74. The third-order valence-electron chi connectivity index (χ3n) is 7.75. The van der Waals surface area contributed by atoms with Crippen molar-refractivity contribution in [3.8, 4) is 0 Å². The Balaban J connectivity index is 4.39. The molecule has 0 aliphatic carbocycles. The van der Waals surface area contributed by atoms with Crippen molar-refractivity contribution in [2.24, 2.45) is 5.73 Å². The van der Waals surface area contributed by atoms with Crippen LogP contribution in [0.25, 0.3) is 0 Å². The van der Waals surface area contributed by atoms with E-state index in [2.05, 4.69) is 92.8 Å². The summed E-state index contributed by atoms with van der Waals surface area (Å²) in [4.78, 5) is 34.7. The molecule has 0 aromatic rings. The number of ether oxygens (including phenoxy) is 2. The van der Waals surface area contributed by atoms with E-state index >= 15 is 0 Å². The van der Waals surface area contributed by atoms with Gasteiger partial charge in [-0.05, 0) is 89.9 Å². The van der Waals surface area contributed by atoms with Crippen LogP contribution in [-0.2, 0) is 32.7 Å². The van der Waals surface area contributed by atoms with Gasteiger partial charge in [0, 0.05) is 19.4 Å². The maximum Gasteiger partial charge on any atom is 0.472 e. The summed E-state index contributed by atoms with van der Waals surface area (Å²) in [6, 6.07) is 0. The van der Waals surface area contributed by atoms with Crippen molar-refractivity contribution < 1.29 is 37.6 Å². The highest BCUT2D eigenvalue weighted by Crippen LogP contribution is 2.43. The molecule has 0 aromatic heterocycles. The zero-order chi connectivity index (χ0) is 38.9. The zero-order valence-corrected chi connectivity index (χ0v) is 33.9. The van der Waals surface area contributed by atoms with Crippen molar-refractivity contribution in [3.63, 3.8) is 0 Å². The Morgan fingerprint density at radius 1 is 0.566 bits per heavy atom. The first kappa shape index (κ1) is 50.2. The van der Waals surface area contributed by atoms with E-state index in [0.717, 1.165) is 51.4 Å². The summed E-state index contributed by atoms with van der Waals surface area (Å²) in [5.41, 5.74) is 5.33. The molecule has 2 atom stereocenters. The Bertz CT molecular complexity index is 1140. The summed E-state index contributed by atoms with van der Waals surface area (Å²) in [5, 5.41) is 0. The van der Waals surface area contributed by atoms with Crippen LogP contribution in [0, 0.1) is 0 Å². The molecule has 53 heavy (non-hydrogen) atoms. The van der Waals surface area contributed by atoms with Crippen molar-refractivity contribution in [2.75, 3.05) is 26.4 Å². The van der Waals surface area contributed by atoms with Gasteiger partial charge in [-0.25, -0.2) is 4.57 Å². The second-order valence-electron chi connectivity index (χ2n) is 12.8. The Morgan fingerprint density at radius 2 is 0.981 bits per heavy atom. The highest BCUT2D eigenvalue weighted by molar-refractivity contribution is 7.47. The van der Waals surface area contributed by atoms with Crippen LogP contribution in [0.1, 0.15) is 142 Å². The number of hydrogen-bond donors (Lipinski definition) is 2. The summed E-state index contributed by atoms with van der Waals surface area (Å²) >= 11 is 0. The molecule has 0 spiro atoms. The Morgan fingerprint density at radius 3 is 1.43 bits per heavy atom. The molecule has 3 N–H and O–H groups in total. The predicted octanol–water partition coefficient (Wildman–Crippen LogP) is 11.3. The van der Waals surface area contributed by atoms with E-state index in [9.17, 15) is 19.0 Å². The van der Waals surface area contributed by atoms with Gasteiger partial charge in [0.25, 0.3) is 0 Å². The van der Waals surface area contributed by atoms with Crippen LogP contribution in [0.15, 0.2) is 85.1 Å². The fraction of sp³-hybridized carbons (Fsp3) is 0.628. The molecule has 0 aliphatic rings. The van der Waals surface area contributed by atoms with Gasteiger partial charge in [-0.15, -0.1) is 0 Å². The summed E-state index contributed by atoms with van der Waals surface area (Å²) in [7, 11) is -4.40. The number of hydrogen-bond acceptors (Lipinski definition) is 8. The average Bonchev–Trinajstić information content (AvgIpc) is 3.14. The van der Waals surface area contributed by atoms with E-state index in [1.54, 1.807) is 0 Å². The zero-order valence-electron chi connectivity index (χ0n) is 33.0. The predicted molar refractivity (Wildman–Crippen MR) is 219 cm³/mol. The molecule has 0 saturated carbocycles. The van der Waals surface area contributed by atoms with Crippen molar-refractivity contribution in [1.29, 1.82) is 0 Å². The molecule has 0 heterocycles. The van der Waals surface area contributed by atoms with Crippen molar-refractivity contribution in [3.05, 3.63) is 85.1 Å². The Kier molecular flexibility index (Phi) is 36.8. The van der Waals surface area contributed by atoms with Crippen LogP contribution in [-0.4, -0.2) is 49.3 Å². The normalized spacial score (nSPS) is 14.3. The summed E-state index contributed by atoms with van der Waals surface area (Å²) in [6.45, 7) is 3.53. The lowest BCUT2D eigenvalue weighted by atomic mass is 10.1. The molecule has 0 radical (unpaired) electrons. The van der Waals surface area contributed by atoms with Gasteiger partial charge in [0.1, 0.15) is 6.61 Å². The van der Waals surface area contributed by atoms with E-state index in [4.69, 9.17) is 24.3 Å². The molecule has 302 valence electrons. The number of carbonyl (C=O) groups excluding carboxylic acids is 2. The van der Waals surface area contributed by atoms with E-state index in [-0.39, 0.29) is 32.6 Å². The topological polar surface area (TPSA) is 134 Å². The third kappa shape index (κ3) is 38.7. The number of phosphoric ester groups is 1. The van der Waals surface area contributed by atoms with Gasteiger partial charge in [0.05, 0.1) is 13.2 Å². The number of unbranched alkanes of at least 4 members (excludes halogenated alkanes) is 9. The van der Waals surface area contributed by atoms with Gasteiger partial charge in [-0.3, -0.25) is 18.6 Å². The van der Waals surface area contributed by atoms with E-state index in [1.165, 1.54) is 44.9 Å². The lowest BCUT2D eigenvalue weighted by Crippen LogP contribution is -2.29. The highest BCUT2D eigenvalue weighted by Gasteiger charge is 2.25. The van der Waals surface area contributed by atoms with Crippen LogP contribution in [0.3, 0.4) is 0 Å². The highest BCUT2D eigenvalue weighted by atomic mass is 31.2. The number of esters is 2. The maximum absolute atomic E-state index is 12.5. The number of phosphoric acid groups is 1. The molecule has 0 fully saturated rings. The van der Waals surface area contributed by atoms with Crippen molar-refractivity contribution in [2.45, 2.75) is 148 Å². The molecule has 0 rings (SSSR count). The van der Waals surface area contributed by atoms with Crippen molar-refractivity contribution >= 4 is 19.8 Å². The number of rotatable bonds is 36. The molecular weight excluding hydrogens is 689 g/mol. The molecule has 0 aromatic carbocycles. The fourth-order valence-corrected chi connectivity index (χ4v) is 5.51. The van der Waals surface area contributed by atoms with Crippen LogP contribution < -0.4 is 5.73 Å². The quantitative estimate of drug-likeness (QED) is 0.0277. The molecule has 0 bridgehead atoms. The standard InChI is InChI=1S/C43H72NO8P/c1-3-5-7-9-11-13-15-17-19-20-22-24-26-28-30-32-34-36-43(46)52-41(40-51-53(47,48)50-38-37-44)39-49-42(45)35-33-31-29-27-25-23-21-18-16-14-12-10-8-6-4-2/h11-14,17-19,21-22,24-25,27-28,30,41H,3-10,15-16,20,23,26,29,31-40,44H2,1-2H3,(H,47,48)/t41-/m1/s1. The number of allylic oxidation sites excluding steroid dienone is 14. The van der Waals surface area contributed by atoms with Gasteiger partial charge >= 0.3 is 19.8 Å². The first-order valence-corrected chi connectivity index (χ1v) is 21.6. The molecular formula is C43H72NO8P. The molecule has 0 aliphatic heterocycles. The van der Waals surface area contributed by atoms with Gasteiger partial charge in [-0.2, -0.15) is 0 Å². The molecule has 10 heteroatoms. The van der Waals surface area contributed by atoms with E-state index < -0.39 is 32.5 Å². The fourth-order valence-electron chi connectivity index (χ4n) is 4.75. The summed E-state index contributed by atoms with van der Waals surface area (Å²) < 4.78 is 32.6. The SMILES string of the molecule is CCCCCC=CCC=CCC=CCC=CCCCC(=O)O[C@H](COC(=O)CCCCC=CCC=CCC=CCCCCC)COP(=O)(O)OCCN. The minimum Gasteiger partial charge on any atom is -0.462 e. The monoisotopic (exact) mass is 761 g/mol. The minimum absolute atomic E-state index is 0.0351. The molecule has 1 unspecified atom stereocenters. The Labute approximate surface area is 322 Å². The van der Waals surface area contributed by atoms with Crippen LogP contribution in [0.5, 0.6) is 0 Å². The maximum atomic E-state index is 12.5. The average molecular weight is 762 g/mol. The smallest absolute Gasteiger partial charge is 0.462 e. The van der Waals surface area contributed by atoms with Crippen LogP contribution >= 0.6 is 7.82 Å². The van der Waals surface area contributed by atoms with Gasteiger partial charge < -0.3 is 20.1 Å². The summed E-state index contributed by atoms with van der Waals surface area (Å²) in [6.07, 6.45) is 47.6. The Hall–Kier alpha value is -2.81. The second kappa shape index (κ2) is 38.9. The largest absolute Gasteiger partial charge is 0.472 e. The molecule has 9 nitrogen and oxygen atoms in total. The van der Waals surface area contributed by atoms with Gasteiger partial charge in [0.2, 0.25) is 0 Å². The minimum atomic E-state index is -4.40. The van der Waals surface area contributed by atoms with Crippen LogP contribution in [0.2, 0.25) is 0 Å². The van der Waals surface area contributed by atoms with Crippen LogP contribution in [0.4, 0.5) is 0 Å². The van der Waals surface area contributed by atoms with Gasteiger partial charge in [0.15, 0.2) is 6.10 Å². The number of nitrogens with two attached hydrogens (primary N) is 1. The van der Waals surface area contributed by atoms with E-state index in [0.29, 0.717) is 19.3 Å². The first-order chi connectivity index (χ1) is 25.8. The van der Waals surface area contributed by atoms with E-state index in [1.807, 2.05) is 6.08 Å². The number of carbonyl (C=O) groups is 2. The first-order valence-electron chi connectivity index (χ1n) is 20.1.